The van der Waals surface area contributed by atoms with Gasteiger partial charge in [0.1, 0.15) is 0 Å². The molecule has 6 heteroatoms. The van der Waals surface area contributed by atoms with Crippen molar-refractivity contribution in [3.63, 3.8) is 0 Å². The van der Waals surface area contributed by atoms with Crippen molar-refractivity contribution in [2.24, 2.45) is 0 Å². The molecule has 0 aliphatic carbocycles. The zero-order chi connectivity index (χ0) is 14.4. The highest BCUT2D eigenvalue weighted by molar-refractivity contribution is 5.36. The normalized spacial score (nSPS) is 11.3. The minimum Gasteiger partial charge on any atom is -0.396 e. The second-order valence-electron chi connectivity index (χ2n) is 4.65. The van der Waals surface area contributed by atoms with E-state index < -0.39 is 16.4 Å². The minimum absolute atomic E-state index is 0.0701. The van der Waals surface area contributed by atoms with Gasteiger partial charge >= 0.3 is 5.69 Å². The first-order chi connectivity index (χ1) is 8.97. The summed E-state index contributed by atoms with van der Waals surface area (Å²) in [5, 5.41) is 19.5. The van der Waals surface area contributed by atoms with E-state index in [2.05, 4.69) is 0 Å². The zero-order valence-corrected chi connectivity index (χ0v) is 11.2. The Hall–Kier alpha value is -1.53. The quantitative estimate of drug-likeness (QED) is 0.610. The van der Waals surface area contributed by atoms with Gasteiger partial charge in [-0.25, -0.2) is 0 Å². The third kappa shape index (κ3) is 4.25. The number of nitrogens with zero attached hydrogens (tertiary/aromatic N) is 2. The monoisotopic (exact) mass is 270 g/mol. The van der Waals surface area contributed by atoms with Crippen molar-refractivity contribution in [1.82, 2.24) is 4.90 Å². The van der Waals surface area contributed by atoms with Crippen LogP contribution in [0.15, 0.2) is 18.2 Å². The number of aliphatic hydroxyl groups is 1. The Morgan fingerprint density at radius 3 is 2.68 bits per heavy atom. The van der Waals surface area contributed by atoms with Crippen LogP contribution in [-0.4, -0.2) is 34.1 Å². The van der Waals surface area contributed by atoms with E-state index in [1.165, 1.54) is 6.07 Å². The van der Waals surface area contributed by atoms with E-state index in [9.17, 15) is 14.5 Å². The number of hydrogen-bond donors (Lipinski definition) is 1. The molecule has 0 fully saturated rings. The Morgan fingerprint density at radius 2 is 2.16 bits per heavy atom. The van der Waals surface area contributed by atoms with Crippen molar-refractivity contribution < 1.29 is 14.4 Å². The zero-order valence-electron chi connectivity index (χ0n) is 11.2. The average molecular weight is 270 g/mol. The van der Waals surface area contributed by atoms with E-state index in [1.54, 1.807) is 6.07 Å². The average Bonchev–Trinajstić information content (AvgIpc) is 2.35. The fourth-order valence-corrected chi connectivity index (χ4v) is 1.84. The van der Waals surface area contributed by atoms with E-state index in [0.717, 1.165) is 6.07 Å². The van der Waals surface area contributed by atoms with Gasteiger partial charge in [-0.1, -0.05) is 12.1 Å². The van der Waals surface area contributed by atoms with Gasteiger partial charge in [-0.05, 0) is 20.3 Å². The smallest absolute Gasteiger partial charge is 0.305 e. The van der Waals surface area contributed by atoms with Crippen LogP contribution in [0.5, 0.6) is 0 Å². The number of hydrogen-bond acceptors (Lipinski definition) is 4. The molecule has 0 heterocycles. The first-order valence-electron chi connectivity index (χ1n) is 6.24. The van der Waals surface area contributed by atoms with E-state index in [0.29, 0.717) is 25.1 Å². The summed E-state index contributed by atoms with van der Waals surface area (Å²) in [5.74, 6) is -0.776. The van der Waals surface area contributed by atoms with Crippen LogP contribution in [0.2, 0.25) is 0 Å². The molecule has 1 N–H and O–H groups in total. The number of aliphatic hydroxyl groups excluding tert-OH is 1. The predicted molar refractivity (Wildman–Crippen MR) is 70.3 cm³/mol. The molecule has 1 aromatic rings. The van der Waals surface area contributed by atoms with Crippen LogP contribution in [-0.2, 0) is 6.54 Å². The summed E-state index contributed by atoms with van der Waals surface area (Å²) in [7, 11) is 0. The van der Waals surface area contributed by atoms with Crippen LogP contribution >= 0.6 is 0 Å². The maximum Gasteiger partial charge on any atom is 0.305 e. The summed E-state index contributed by atoms with van der Waals surface area (Å²) < 4.78 is 14.0. The van der Waals surface area contributed by atoms with Gasteiger partial charge in [-0.15, -0.1) is 0 Å². The van der Waals surface area contributed by atoms with Crippen LogP contribution < -0.4 is 0 Å². The summed E-state index contributed by atoms with van der Waals surface area (Å²) >= 11 is 0. The number of nitro groups is 1. The molecule has 0 saturated heterocycles. The van der Waals surface area contributed by atoms with Crippen molar-refractivity contribution in [2.75, 3.05) is 13.2 Å². The molecular weight excluding hydrogens is 251 g/mol. The third-order valence-electron chi connectivity index (χ3n) is 2.96. The molecule has 0 amide bonds. The van der Waals surface area contributed by atoms with Crippen LogP contribution in [0.3, 0.4) is 0 Å². The van der Waals surface area contributed by atoms with Gasteiger partial charge in [0.2, 0.25) is 5.82 Å². The number of nitro benzene ring substituents is 1. The lowest BCUT2D eigenvalue weighted by Gasteiger charge is -2.26. The Morgan fingerprint density at radius 1 is 1.47 bits per heavy atom. The molecule has 1 rings (SSSR count). The van der Waals surface area contributed by atoms with Gasteiger partial charge in [-0.3, -0.25) is 15.0 Å². The fraction of sp³-hybridized carbons (Fsp3) is 0.538. The summed E-state index contributed by atoms with van der Waals surface area (Å²) in [4.78, 5) is 11.9. The molecule has 19 heavy (non-hydrogen) atoms. The van der Waals surface area contributed by atoms with Crippen molar-refractivity contribution >= 4 is 5.69 Å². The summed E-state index contributed by atoms with van der Waals surface area (Å²) in [6.07, 6.45) is 0.592. The summed E-state index contributed by atoms with van der Waals surface area (Å²) in [6, 6.07) is 4.37. The molecule has 0 atom stereocenters. The Balaban J connectivity index is 2.90. The van der Waals surface area contributed by atoms with Crippen LogP contribution in [0, 0.1) is 15.9 Å². The molecule has 0 aromatic heterocycles. The maximum absolute atomic E-state index is 14.0. The molecule has 5 nitrogen and oxygen atoms in total. The SMILES string of the molecule is CC(C)N(CCCO)Cc1cccc([N+](=O)[O-])c1F. The minimum atomic E-state index is -0.776. The molecule has 106 valence electrons. The molecule has 0 aliphatic heterocycles. The first kappa shape index (κ1) is 15.5. The van der Waals surface area contributed by atoms with Crippen molar-refractivity contribution in [3.8, 4) is 0 Å². The van der Waals surface area contributed by atoms with Crippen LogP contribution in [0.1, 0.15) is 25.8 Å². The summed E-state index contributed by atoms with van der Waals surface area (Å²) in [5.41, 5.74) is -0.191. The molecule has 0 spiro atoms. The van der Waals surface area contributed by atoms with Crippen LogP contribution in [0.25, 0.3) is 0 Å². The first-order valence-corrected chi connectivity index (χ1v) is 6.24. The Bertz CT molecular complexity index is 438. The number of benzene rings is 1. The van der Waals surface area contributed by atoms with Gasteiger partial charge in [0.05, 0.1) is 4.92 Å². The lowest BCUT2D eigenvalue weighted by Crippen LogP contribution is -2.32. The maximum atomic E-state index is 14.0. The van der Waals surface area contributed by atoms with E-state index >= 15 is 0 Å². The second kappa shape index (κ2) is 7.16. The molecule has 0 aliphatic rings. The predicted octanol–water partition coefficient (Wildman–Crippen LogP) is 2.33. The standard InChI is InChI=1S/C13H19FN2O3/c1-10(2)15(7-4-8-17)9-11-5-3-6-12(13(11)14)16(18)19/h3,5-6,10,17H,4,7-9H2,1-2H3. The van der Waals surface area contributed by atoms with Gasteiger partial charge in [0.15, 0.2) is 0 Å². The van der Waals surface area contributed by atoms with Gasteiger partial charge in [0.25, 0.3) is 0 Å². The highest BCUT2D eigenvalue weighted by Gasteiger charge is 2.19. The van der Waals surface area contributed by atoms with E-state index in [4.69, 9.17) is 5.11 Å². The molecule has 0 radical (unpaired) electrons. The largest absolute Gasteiger partial charge is 0.396 e. The third-order valence-corrected chi connectivity index (χ3v) is 2.96. The van der Waals surface area contributed by atoms with Gasteiger partial charge in [0, 0.05) is 37.4 Å². The van der Waals surface area contributed by atoms with Gasteiger partial charge in [-0.2, -0.15) is 4.39 Å². The highest BCUT2D eigenvalue weighted by Crippen LogP contribution is 2.22. The summed E-state index contributed by atoms with van der Waals surface area (Å²) in [6.45, 7) is 4.92. The topological polar surface area (TPSA) is 66.6 Å². The molecule has 0 unspecified atom stereocenters. The van der Waals surface area contributed by atoms with Crippen molar-refractivity contribution in [1.29, 1.82) is 0 Å². The number of halogens is 1. The number of rotatable bonds is 7. The Kier molecular flexibility index (Phi) is 5.85. The fourth-order valence-electron chi connectivity index (χ4n) is 1.84. The highest BCUT2D eigenvalue weighted by atomic mass is 19.1. The lowest BCUT2D eigenvalue weighted by atomic mass is 10.1. The van der Waals surface area contributed by atoms with Crippen LogP contribution in [0.4, 0.5) is 10.1 Å². The molecule has 0 bridgehead atoms. The lowest BCUT2D eigenvalue weighted by molar-refractivity contribution is -0.387. The molecular formula is C13H19FN2O3. The van der Waals surface area contributed by atoms with Crippen molar-refractivity contribution in [3.05, 3.63) is 39.7 Å². The van der Waals surface area contributed by atoms with Gasteiger partial charge < -0.3 is 5.11 Å². The van der Waals surface area contributed by atoms with E-state index in [-0.39, 0.29) is 12.6 Å². The van der Waals surface area contributed by atoms with E-state index in [1.807, 2.05) is 18.7 Å². The molecule has 0 saturated carbocycles. The second-order valence-corrected chi connectivity index (χ2v) is 4.65. The molecule has 1 aromatic carbocycles. The Labute approximate surface area is 111 Å². The van der Waals surface area contributed by atoms with Crippen molar-refractivity contribution in [2.45, 2.75) is 32.9 Å².